The topological polar surface area (TPSA) is 83.5 Å². The molecular weight excluding hydrogens is 273 g/mol. The Morgan fingerprint density at radius 1 is 1.37 bits per heavy atom. The maximum absolute atomic E-state index is 13.5. The van der Waals surface area contributed by atoms with Crippen LogP contribution in [0.25, 0.3) is 0 Å². The van der Waals surface area contributed by atoms with Crippen molar-refractivity contribution < 1.29 is 22.7 Å². The minimum atomic E-state index is -4.01. The van der Waals surface area contributed by atoms with E-state index < -0.39 is 32.2 Å². The quantitative estimate of drug-likeness (QED) is 0.835. The summed E-state index contributed by atoms with van der Waals surface area (Å²) < 4.78 is 39.8. The summed E-state index contributed by atoms with van der Waals surface area (Å²) in [5.41, 5.74) is -0.973. The molecule has 19 heavy (non-hydrogen) atoms. The summed E-state index contributed by atoms with van der Waals surface area (Å²) in [4.78, 5) is 10.1. The van der Waals surface area contributed by atoms with Crippen LogP contribution < -0.4 is 4.72 Å². The Labute approximate surface area is 111 Å². The molecule has 0 aromatic heterocycles. The van der Waals surface area contributed by atoms with E-state index in [0.29, 0.717) is 0 Å². The van der Waals surface area contributed by atoms with E-state index in [1.807, 2.05) is 0 Å². The van der Waals surface area contributed by atoms with Crippen LogP contribution in [0.2, 0.25) is 0 Å². The number of carbonyl (C=O) groups is 1. The highest BCUT2D eigenvalue weighted by molar-refractivity contribution is 7.89. The normalized spacial score (nSPS) is 12.4. The van der Waals surface area contributed by atoms with Crippen LogP contribution >= 0.6 is 0 Å². The molecular formula is C12H16FNO4S. The van der Waals surface area contributed by atoms with Crippen molar-refractivity contribution in [1.82, 2.24) is 4.72 Å². The van der Waals surface area contributed by atoms with Gasteiger partial charge in [0.05, 0.1) is 0 Å². The zero-order valence-electron chi connectivity index (χ0n) is 10.7. The van der Waals surface area contributed by atoms with Gasteiger partial charge in [0.25, 0.3) is 0 Å². The standard InChI is InChI=1S/C12H16FNO4S/c1-12(2,8-7-11(15)16)14-19(17,18)10-6-4-3-5-9(10)13/h3-6,14H,7-8H2,1-2H3,(H,15,16). The molecule has 7 heteroatoms. The minimum absolute atomic E-state index is 0.107. The number of benzene rings is 1. The van der Waals surface area contributed by atoms with Gasteiger partial charge < -0.3 is 5.11 Å². The molecule has 0 bridgehead atoms. The number of hydrogen-bond donors (Lipinski definition) is 2. The molecule has 1 aromatic rings. The highest BCUT2D eigenvalue weighted by atomic mass is 32.2. The van der Waals surface area contributed by atoms with Crippen LogP contribution in [0.15, 0.2) is 29.2 Å². The van der Waals surface area contributed by atoms with Gasteiger partial charge in [-0.3, -0.25) is 4.79 Å². The van der Waals surface area contributed by atoms with Crippen molar-refractivity contribution >= 4 is 16.0 Å². The summed E-state index contributed by atoms with van der Waals surface area (Å²) in [5.74, 6) is -1.86. The second-order valence-corrected chi connectivity index (χ2v) is 6.46. The summed E-state index contributed by atoms with van der Waals surface area (Å²) in [7, 11) is -4.01. The van der Waals surface area contributed by atoms with Gasteiger partial charge in [0.15, 0.2) is 0 Å². The minimum Gasteiger partial charge on any atom is -0.481 e. The van der Waals surface area contributed by atoms with E-state index in [0.717, 1.165) is 12.1 Å². The number of carboxylic acid groups (broad SMARTS) is 1. The van der Waals surface area contributed by atoms with E-state index in [9.17, 15) is 17.6 Å². The molecule has 0 aliphatic heterocycles. The van der Waals surface area contributed by atoms with Crippen molar-refractivity contribution in [3.63, 3.8) is 0 Å². The lowest BCUT2D eigenvalue weighted by molar-refractivity contribution is -0.137. The van der Waals surface area contributed by atoms with Gasteiger partial charge in [-0.15, -0.1) is 0 Å². The fourth-order valence-electron chi connectivity index (χ4n) is 1.55. The van der Waals surface area contributed by atoms with E-state index in [-0.39, 0.29) is 12.8 Å². The molecule has 0 amide bonds. The molecule has 5 nitrogen and oxygen atoms in total. The summed E-state index contributed by atoms with van der Waals surface area (Å²) in [6.45, 7) is 3.10. The number of aliphatic carboxylic acids is 1. The van der Waals surface area contributed by atoms with Crippen LogP contribution in [-0.4, -0.2) is 25.0 Å². The van der Waals surface area contributed by atoms with Gasteiger partial charge in [0.2, 0.25) is 10.0 Å². The van der Waals surface area contributed by atoms with Crippen LogP contribution in [0.1, 0.15) is 26.7 Å². The van der Waals surface area contributed by atoms with Crippen molar-refractivity contribution in [2.24, 2.45) is 0 Å². The number of hydrogen-bond acceptors (Lipinski definition) is 3. The van der Waals surface area contributed by atoms with E-state index in [1.54, 1.807) is 13.8 Å². The third-order valence-corrected chi connectivity index (χ3v) is 4.23. The van der Waals surface area contributed by atoms with E-state index in [1.165, 1.54) is 12.1 Å². The first kappa shape index (κ1) is 15.6. The number of halogens is 1. The van der Waals surface area contributed by atoms with Crippen molar-refractivity contribution in [2.75, 3.05) is 0 Å². The Morgan fingerprint density at radius 2 is 1.95 bits per heavy atom. The van der Waals surface area contributed by atoms with Gasteiger partial charge in [-0.1, -0.05) is 12.1 Å². The molecule has 106 valence electrons. The Bertz CT molecular complexity index is 569. The van der Waals surface area contributed by atoms with Gasteiger partial charge >= 0.3 is 5.97 Å². The summed E-state index contributed by atoms with van der Waals surface area (Å²) in [6.07, 6.45) is -0.0667. The summed E-state index contributed by atoms with van der Waals surface area (Å²) in [6, 6.07) is 5.02. The van der Waals surface area contributed by atoms with Gasteiger partial charge in [-0.05, 0) is 32.4 Å². The fourth-order valence-corrected chi connectivity index (χ4v) is 3.07. The maximum atomic E-state index is 13.5. The lowest BCUT2D eigenvalue weighted by atomic mass is 10.0. The zero-order valence-corrected chi connectivity index (χ0v) is 11.5. The Balaban J connectivity index is 2.91. The Morgan fingerprint density at radius 3 is 2.47 bits per heavy atom. The third kappa shape index (κ3) is 4.60. The van der Waals surface area contributed by atoms with Gasteiger partial charge in [-0.2, -0.15) is 0 Å². The average molecular weight is 289 g/mol. The molecule has 0 radical (unpaired) electrons. The second kappa shape index (κ2) is 5.66. The first-order valence-electron chi connectivity index (χ1n) is 5.64. The highest BCUT2D eigenvalue weighted by Crippen LogP contribution is 2.19. The van der Waals surface area contributed by atoms with E-state index >= 15 is 0 Å². The number of sulfonamides is 1. The maximum Gasteiger partial charge on any atom is 0.303 e. The van der Waals surface area contributed by atoms with Gasteiger partial charge in [0, 0.05) is 12.0 Å². The molecule has 0 aliphatic carbocycles. The van der Waals surface area contributed by atoms with Crippen molar-refractivity contribution in [3.05, 3.63) is 30.1 Å². The van der Waals surface area contributed by atoms with Gasteiger partial charge in [-0.25, -0.2) is 17.5 Å². The molecule has 0 aliphatic rings. The second-order valence-electron chi connectivity index (χ2n) is 4.81. The smallest absolute Gasteiger partial charge is 0.303 e. The summed E-state index contributed by atoms with van der Waals surface area (Å²) in [5, 5.41) is 8.60. The van der Waals surface area contributed by atoms with Crippen LogP contribution in [0.4, 0.5) is 4.39 Å². The lowest BCUT2D eigenvalue weighted by Crippen LogP contribution is -2.43. The van der Waals surface area contributed by atoms with Crippen LogP contribution in [0.3, 0.4) is 0 Å². The highest BCUT2D eigenvalue weighted by Gasteiger charge is 2.28. The number of rotatable bonds is 6. The largest absolute Gasteiger partial charge is 0.481 e. The van der Waals surface area contributed by atoms with Crippen LogP contribution in [0.5, 0.6) is 0 Å². The molecule has 0 atom stereocenters. The molecule has 1 rings (SSSR count). The predicted octanol–water partition coefficient (Wildman–Crippen LogP) is 1.75. The lowest BCUT2D eigenvalue weighted by Gasteiger charge is -2.25. The number of carboxylic acids is 1. The molecule has 2 N–H and O–H groups in total. The third-order valence-electron chi connectivity index (χ3n) is 2.50. The molecule has 0 saturated carbocycles. The van der Waals surface area contributed by atoms with Crippen molar-refractivity contribution in [1.29, 1.82) is 0 Å². The SMILES string of the molecule is CC(C)(CCC(=O)O)NS(=O)(=O)c1ccccc1F. The van der Waals surface area contributed by atoms with Crippen molar-refractivity contribution in [3.8, 4) is 0 Å². The average Bonchev–Trinajstić information content (AvgIpc) is 2.25. The van der Waals surface area contributed by atoms with E-state index in [2.05, 4.69) is 4.72 Å². The van der Waals surface area contributed by atoms with Crippen LogP contribution in [-0.2, 0) is 14.8 Å². The Hall–Kier alpha value is -1.47. The number of nitrogens with one attached hydrogen (secondary N) is 1. The first-order valence-corrected chi connectivity index (χ1v) is 7.13. The molecule has 0 heterocycles. The van der Waals surface area contributed by atoms with E-state index in [4.69, 9.17) is 5.11 Å². The van der Waals surface area contributed by atoms with Crippen LogP contribution in [0, 0.1) is 5.82 Å². The monoisotopic (exact) mass is 289 g/mol. The van der Waals surface area contributed by atoms with Gasteiger partial charge in [0.1, 0.15) is 10.7 Å². The van der Waals surface area contributed by atoms with Crippen molar-refractivity contribution in [2.45, 2.75) is 37.1 Å². The molecule has 0 unspecified atom stereocenters. The summed E-state index contributed by atoms with van der Waals surface area (Å²) >= 11 is 0. The first-order chi connectivity index (χ1) is 8.64. The molecule has 0 fully saturated rings. The molecule has 1 aromatic carbocycles. The molecule has 0 spiro atoms. The fraction of sp³-hybridized carbons (Fsp3) is 0.417. The Kier molecular flexibility index (Phi) is 4.65. The zero-order chi connectivity index (χ0) is 14.7. The molecule has 0 saturated heterocycles. The predicted molar refractivity (Wildman–Crippen MR) is 67.7 cm³/mol.